The Morgan fingerprint density at radius 1 is 1.22 bits per heavy atom. The van der Waals surface area contributed by atoms with Gasteiger partial charge >= 0.3 is 0 Å². The van der Waals surface area contributed by atoms with Gasteiger partial charge in [-0.1, -0.05) is 12.1 Å². The van der Waals surface area contributed by atoms with Crippen molar-refractivity contribution in [3.8, 4) is 6.07 Å². The molecule has 1 amide bonds. The maximum Gasteiger partial charge on any atom is 0.261 e. The highest BCUT2D eigenvalue weighted by molar-refractivity contribution is 7.92. The molecule has 0 aromatic heterocycles. The molecule has 2 aromatic rings. The van der Waals surface area contributed by atoms with E-state index in [1.54, 1.807) is 24.3 Å². The summed E-state index contributed by atoms with van der Waals surface area (Å²) in [4.78, 5) is 12.3. The molecule has 7 nitrogen and oxygen atoms in total. The van der Waals surface area contributed by atoms with Crippen LogP contribution in [0, 0.1) is 11.3 Å². The van der Waals surface area contributed by atoms with E-state index >= 15 is 0 Å². The van der Waals surface area contributed by atoms with E-state index in [0.29, 0.717) is 18.7 Å². The molecule has 0 spiro atoms. The zero-order chi connectivity index (χ0) is 19.3. The van der Waals surface area contributed by atoms with Gasteiger partial charge in [0.25, 0.3) is 15.9 Å². The van der Waals surface area contributed by atoms with Crippen molar-refractivity contribution in [2.45, 2.75) is 23.8 Å². The lowest BCUT2D eigenvalue weighted by Crippen LogP contribution is -2.31. The monoisotopic (exact) mass is 385 g/mol. The van der Waals surface area contributed by atoms with Gasteiger partial charge in [0, 0.05) is 18.7 Å². The van der Waals surface area contributed by atoms with E-state index in [1.165, 1.54) is 24.3 Å². The summed E-state index contributed by atoms with van der Waals surface area (Å²) in [6, 6.07) is 13.9. The number of nitrogens with zero attached hydrogens (tertiary/aromatic N) is 1. The molecule has 0 saturated carbocycles. The van der Waals surface area contributed by atoms with Gasteiger partial charge in [0.05, 0.1) is 28.3 Å². The molecule has 1 fully saturated rings. The van der Waals surface area contributed by atoms with Gasteiger partial charge in [0.1, 0.15) is 0 Å². The van der Waals surface area contributed by atoms with Crippen LogP contribution >= 0.6 is 0 Å². The van der Waals surface area contributed by atoms with Gasteiger partial charge in [-0.25, -0.2) is 8.42 Å². The van der Waals surface area contributed by atoms with Gasteiger partial charge < -0.3 is 10.1 Å². The second kappa shape index (κ2) is 8.20. The van der Waals surface area contributed by atoms with Gasteiger partial charge in [0.15, 0.2) is 0 Å². The minimum absolute atomic E-state index is 0.00921. The molecule has 1 aliphatic heterocycles. The molecule has 8 heteroatoms. The van der Waals surface area contributed by atoms with Crippen LogP contribution in [0.25, 0.3) is 0 Å². The molecule has 0 aliphatic carbocycles. The van der Waals surface area contributed by atoms with E-state index in [1.807, 2.05) is 6.07 Å². The van der Waals surface area contributed by atoms with Crippen LogP contribution in [0.3, 0.4) is 0 Å². The maximum atomic E-state index is 12.6. The van der Waals surface area contributed by atoms with Crippen molar-refractivity contribution in [3.05, 3.63) is 59.7 Å². The first-order chi connectivity index (χ1) is 13.0. The molecule has 2 N–H and O–H groups in total. The average Bonchev–Trinajstić information content (AvgIpc) is 3.19. The Balaban J connectivity index is 1.73. The molecule has 1 aliphatic rings. The van der Waals surface area contributed by atoms with E-state index in [4.69, 9.17) is 10.00 Å². The number of nitrogens with one attached hydrogen (secondary N) is 2. The summed E-state index contributed by atoms with van der Waals surface area (Å²) in [5.41, 5.74) is 0.876. The second-order valence-electron chi connectivity index (χ2n) is 6.17. The van der Waals surface area contributed by atoms with E-state index < -0.39 is 10.0 Å². The van der Waals surface area contributed by atoms with Crippen LogP contribution in [0.5, 0.6) is 0 Å². The topological polar surface area (TPSA) is 108 Å². The first-order valence-corrected chi connectivity index (χ1v) is 9.99. The number of amides is 1. The Labute approximate surface area is 158 Å². The standard InChI is InChI=1S/C19H19N3O4S/c20-12-14-4-1-6-16(10-14)22-27(24,25)18-8-2-5-15(11-18)19(23)21-13-17-7-3-9-26-17/h1-2,4-6,8,10-11,17,22H,3,7,9,13H2,(H,21,23). The highest BCUT2D eigenvalue weighted by Crippen LogP contribution is 2.18. The highest BCUT2D eigenvalue weighted by atomic mass is 32.2. The summed E-state index contributed by atoms with van der Waals surface area (Å²) < 4.78 is 33.1. The molecule has 1 saturated heterocycles. The highest BCUT2D eigenvalue weighted by Gasteiger charge is 2.19. The molecular formula is C19H19N3O4S. The van der Waals surface area contributed by atoms with Gasteiger partial charge in [0.2, 0.25) is 0 Å². The summed E-state index contributed by atoms with van der Waals surface area (Å²) in [6.45, 7) is 1.10. The predicted octanol–water partition coefficient (Wildman–Crippen LogP) is 2.27. The summed E-state index contributed by atoms with van der Waals surface area (Å²) in [5.74, 6) is -0.353. The fourth-order valence-corrected chi connectivity index (χ4v) is 3.88. The van der Waals surface area contributed by atoms with Gasteiger partial charge in [-0.2, -0.15) is 5.26 Å². The fourth-order valence-electron chi connectivity index (χ4n) is 2.78. The number of anilines is 1. The number of hydrogen-bond acceptors (Lipinski definition) is 5. The summed E-state index contributed by atoms with van der Waals surface area (Å²) in [6.07, 6.45) is 1.89. The van der Waals surface area contributed by atoms with E-state index in [0.717, 1.165) is 12.8 Å². The third-order valence-corrected chi connectivity index (χ3v) is 5.54. The van der Waals surface area contributed by atoms with Crippen LogP contribution in [0.15, 0.2) is 53.4 Å². The third-order valence-electron chi connectivity index (χ3n) is 4.16. The Kier molecular flexibility index (Phi) is 5.74. The smallest absolute Gasteiger partial charge is 0.261 e. The van der Waals surface area contributed by atoms with Crippen molar-refractivity contribution in [1.29, 1.82) is 5.26 Å². The molecule has 2 aromatic carbocycles. The molecule has 1 heterocycles. The van der Waals surface area contributed by atoms with Crippen molar-refractivity contribution in [1.82, 2.24) is 5.32 Å². The largest absolute Gasteiger partial charge is 0.376 e. The van der Waals surface area contributed by atoms with Crippen LogP contribution in [-0.2, 0) is 14.8 Å². The summed E-state index contributed by atoms with van der Waals surface area (Å²) in [7, 11) is -3.89. The Morgan fingerprint density at radius 3 is 2.78 bits per heavy atom. The van der Waals surface area contributed by atoms with Crippen molar-refractivity contribution in [3.63, 3.8) is 0 Å². The number of carbonyl (C=O) groups excluding carboxylic acids is 1. The first-order valence-electron chi connectivity index (χ1n) is 8.51. The van der Waals surface area contributed by atoms with Crippen molar-refractivity contribution < 1.29 is 17.9 Å². The Bertz CT molecular complexity index is 976. The normalized spacial score (nSPS) is 16.5. The predicted molar refractivity (Wildman–Crippen MR) is 99.7 cm³/mol. The van der Waals surface area contributed by atoms with Crippen molar-refractivity contribution in [2.24, 2.45) is 0 Å². The maximum absolute atomic E-state index is 12.6. The van der Waals surface area contributed by atoms with Crippen LogP contribution in [-0.4, -0.2) is 33.6 Å². The molecular weight excluding hydrogens is 366 g/mol. The molecule has 0 bridgehead atoms. The van der Waals surface area contributed by atoms with Crippen molar-refractivity contribution in [2.75, 3.05) is 17.9 Å². The molecule has 1 unspecified atom stereocenters. The number of carbonyl (C=O) groups is 1. The minimum atomic E-state index is -3.89. The number of ether oxygens (including phenoxy) is 1. The summed E-state index contributed by atoms with van der Waals surface area (Å²) in [5, 5.41) is 11.7. The number of sulfonamides is 1. The summed E-state index contributed by atoms with van der Waals surface area (Å²) >= 11 is 0. The van der Waals surface area contributed by atoms with E-state index in [9.17, 15) is 13.2 Å². The lowest BCUT2D eigenvalue weighted by molar-refractivity contribution is 0.0857. The number of hydrogen-bond donors (Lipinski definition) is 2. The molecule has 27 heavy (non-hydrogen) atoms. The number of rotatable bonds is 6. The first kappa shape index (κ1) is 18.9. The average molecular weight is 385 g/mol. The molecule has 140 valence electrons. The zero-order valence-electron chi connectivity index (χ0n) is 14.5. The van der Waals surface area contributed by atoms with Crippen LogP contribution in [0.4, 0.5) is 5.69 Å². The Morgan fingerprint density at radius 2 is 2.04 bits per heavy atom. The number of nitriles is 1. The SMILES string of the molecule is N#Cc1cccc(NS(=O)(=O)c2cccc(C(=O)NCC3CCCO3)c2)c1. The van der Waals surface area contributed by atoms with Crippen LogP contribution in [0.2, 0.25) is 0 Å². The lowest BCUT2D eigenvalue weighted by Gasteiger charge is -2.12. The van der Waals surface area contributed by atoms with Crippen molar-refractivity contribution >= 4 is 21.6 Å². The van der Waals surface area contributed by atoms with E-state index in [-0.39, 0.29) is 28.2 Å². The lowest BCUT2D eigenvalue weighted by atomic mass is 10.2. The van der Waals surface area contributed by atoms with Crippen LogP contribution < -0.4 is 10.0 Å². The third kappa shape index (κ3) is 4.84. The fraction of sp³-hybridized carbons (Fsp3) is 0.263. The second-order valence-corrected chi connectivity index (χ2v) is 7.85. The van der Waals surface area contributed by atoms with Gasteiger partial charge in [-0.05, 0) is 49.2 Å². The molecule has 3 rings (SSSR count). The van der Waals surface area contributed by atoms with E-state index in [2.05, 4.69) is 10.0 Å². The van der Waals surface area contributed by atoms with Crippen LogP contribution in [0.1, 0.15) is 28.8 Å². The van der Waals surface area contributed by atoms with Gasteiger partial charge in [-0.3, -0.25) is 9.52 Å². The molecule has 0 radical (unpaired) electrons. The van der Waals surface area contributed by atoms with Gasteiger partial charge in [-0.15, -0.1) is 0 Å². The minimum Gasteiger partial charge on any atom is -0.376 e. The Hall–Kier alpha value is -2.89. The number of benzene rings is 2. The zero-order valence-corrected chi connectivity index (χ0v) is 15.3. The quantitative estimate of drug-likeness (QED) is 0.793. The molecule has 1 atom stereocenters.